The number of thioether (sulfide) groups is 1. The summed E-state index contributed by atoms with van der Waals surface area (Å²) in [6, 6.07) is 9.62. The summed E-state index contributed by atoms with van der Waals surface area (Å²) in [4.78, 5) is 16.5. The monoisotopic (exact) mass is 428 g/mol. The van der Waals surface area contributed by atoms with Crippen LogP contribution < -0.4 is 14.8 Å². The number of hydrogen-bond donors (Lipinski definition) is 1. The van der Waals surface area contributed by atoms with Crippen molar-refractivity contribution in [2.45, 2.75) is 23.8 Å². The van der Waals surface area contributed by atoms with E-state index in [-0.39, 0.29) is 12.0 Å². The predicted molar refractivity (Wildman–Crippen MR) is 113 cm³/mol. The molecule has 9 heteroatoms. The highest BCUT2D eigenvalue weighted by molar-refractivity contribution is 8.01. The third-order valence-electron chi connectivity index (χ3n) is 4.41. The van der Waals surface area contributed by atoms with E-state index in [9.17, 15) is 4.79 Å². The molecule has 0 bridgehead atoms. The van der Waals surface area contributed by atoms with Gasteiger partial charge in [0.05, 0.1) is 25.1 Å². The van der Waals surface area contributed by atoms with Crippen LogP contribution in [0, 0.1) is 6.92 Å². The van der Waals surface area contributed by atoms with Crippen molar-refractivity contribution in [3.63, 3.8) is 0 Å². The Kier molecular flexibility index (Phi) is 5.96. The third kappa shape index (κ3) is 4.68. The van der Waals surface area contributed by atoms with Crippen molar-refractivity contribution < 1.29 is 14.3 Å². The minimum Gasteiger partial charge on any atom is -0.487 e. The maximum Gasteiger partial charge on any atom is 0.233 e. The van der Waals surface area contributed by atoms with Crippen molar-refractivity contribution in [2.75, 3.05) is 19.4 Å². The summed E-state index contributed by atoms with van der Waals surface area (Å²) in [5.74, 6) is 1.59. The molecule has 1 unspecified atom stereocenters. The van der Waals surface area contributed by atoms with Crippen molar-refractivity contribution in [1.82, 2.24) is 20.5 Å². The molecule has 7 nitrogen and oxygen atoms in total. The maximum atomic E-state index is 12.2. The van der Waals surface area contributed by atoms with E-state index in [1.807, 2.05) is 36.6 Å². The average Bonchev–Trinajstić information content (AvgIpc) is 3.36. The number of hydrogen-bond acceptors (Lipinski definition) is 8. The fourth-order valence-electron chi connectivity index (χ4n) is 3.03. The quantitative estimate of drug-likeness (QED) is 0.579. The Hall–Kier alpha value is -2.65. The topological polar surface area (TPSA) is 86.2 Å². The van der Waals surface area contributed by atoms with Gasteiger partial charge in [0, 0.05) is 29.1 Å². The fraction of sp³-hybridized carbons (Fsp3) is 0.300. The molecule has 1 N–H and O–H groups in total. The highest BCUT2D eigenvalue weighted by atomic mass is 32.2. The van der Waals surface area contributed by atoms with Gasteiger partial charge in [-0.3, -0.25) is 4.79 Å². The zero-order valence-electron chi connectivity index (χ0n) is 16.0. The molecule has 0 radical (unpaired) electrons. The number of nitrogens with zero attached hydrogens (tertiary/aromatic N) is 3. The van der Waals surface area contributed by atoms with E-state index < -0.39 is 0 Å². The Morgan fingerprint density at radius 2 is 2.24 bits per heavy atom. The van der Waals surface area contributed by atoms with Crippen LogP contribution in [0.3, 0.4) is 0 Å². The molecule has 3 aromatic rings. The minimum absolute atomic E-state index is 0.0244. The second-order valence-electron chi connectivity index (χ2n) is 6.55. The van der Waals surface area contributed by atoms with Gasteiger partial charge in [-0.05, 0) is 24.6 Å². The Bertz CT molecular complexity index is 1010. The molecular weight excluding hydrogens is 408 g/mol. The number of nitrogens with one attached hydrogen (secondary N) is 1. The number of methoxy groups -OCH3 is 1. The van der Waals surface area contributed by atoms with Crippen LogP contribution in [0.2, 0.25) is 0 Å². The largest absolute Gasteiger partial charge is 0.487 e. The number of aromatic nitrogens is 3. The molecule has 1 aromatic carbocycles. The Morgan fingerprint density at radius 3 is 2.97 bits per heavy atom. The smallest absolute Gasteiger partial charge is 0.233 e. The van der Waals surface area contributed by atoms with Crippen LogP contribution in [0.15, 0.2) is 40.1 Å². The van der Waals surface area contributed by atoms with E-state index in [0.717, 1.165) is 39.0 Å². The Morgan fingerprint density at radius 1 is 1.34 bits per heavy atom. The van der Waals surface area contributed by atoms with Crippen LogP contribution >= 0.6 is 23.1 Å². The number of amides is 1. The lowest BCUT2D eigenvalue weighted by Gasteiger charge is -2.13. The van der Waals surface area contributed by atoms with Crippen molar-refractivity contribution in [1.29, 1.82) is 0 Å². The van der Waals surface area contributed by atoms with E-state index in [4.69, 9.17) is 9.47 Å². The Labute approximate surface area is 176 Å². The molecule has 4 rings (SSSR count). The second kappa shape index (κ2) is 8.79. The average molecular weight is 429 g/mol. The number of rotatable bonds is 7. The SMILES string of the molecule is COc1ccc(-c2cccc3c2OC(CNC(=O)CSc2nc(C)cs2)C3)nn1. The van der Waals surface area contributed by atoms with E-state index in [2.05, 4.69) is 20.5 Å². The summed E-state index contributed by atoms with van der Waals surface area (Å²) >= 11 is 3.01. The fourth-order valence-corrected chi connectivity index (χ4v) is 4.71. The molecule has 150 valence electrons. The molecule has 0 saturated carbocycles. The van der Waals surface area contributed by atoms with E-state index >= 15 is 0 Å². The first-order valence-corrected chi connectivity index (χ1v) is 11.0. The van der Waals surface area contributed by atoms with Crippen LogP contribution in [0.1, 0.15) is 11.3 Å². The minimum atomic E-state index is -0.103. The van der Waals surface area contributed by atoms with Crippen LogP contribution in [-0.2, 0) is 11.2 Å². The van der Waals surface area contributed by atoms with Crippen molar-refractivity contribution in [2.24, 2.45) is 0 Å². The van der Waals surface area contributed by atoms with Gasteiger partial charge in [-0.25, -0.2) is 4.98 Å². The predicted octanol–water partition coefficient (Wildman–Crippen LogP) is 3.13. The first kappa shape index (κ1) is 19.7. The van der Waals surface area contributed by atoms with Gasteiger partial charge in [-0.1, -0.05) is 23.9 Å². The number of benzene rings is 1. The van der Waals surface area contributed by atoms with Gasteiger partial charge < -0.3 is 14.8 Å². The van der Waals surface area contributed by atoms with Gasteiger partial charge in [0.25, 0.3) is 0 Å². The molecule has 2 aromatic heterocycles. The van der Waals surface area contributed by atoms with E-state index in [0.29, 0.717) is 18.2 Å². The number of para-hydroxylation sites is 1. The van der Waals surface area contributed by atoms with Crippen molar-refractivity contribution >= 4 is 29.0 Å². The summed E-state index contributed by atoms with van der Waals surface area (Å²) in [6.45, 7) is 2.40. The number of carbonyl (C=O) groups is 1. The van der Waals surface area contributed by atoms with E-state index in [1.165, 1.54) is 11.8 Å². The molecule has 1 atom stereocenters. The summed E-state index contributed by atoms with van der Waals surface area (Å²) < 4.78 is 12.1. The summed E-state index contributed by atoms with van der Waals surface area (Å²) in [5.41, 5.74) is 3.70. The highest BCUT2D eigenvalue weighted by Crippen LogP contribution is 2.38. The lowest BCUT2D eigenvalue weighted by atomic mass is 10.0. The van der Waals surface area contributed by atoms with Gasteiger partial charge in [0.15, 0.2) is 4.34 Å². The first-order chi connectivity index (χ1) is 14.1. The maximum absolute atomic E-state index is 12.2. The number of aryl methyl sites for hydroxylation is 1. The number of carbonyl (C=O) groups excluding carboxylic acids is 1. The van der Waals surface area contributed by atoms with Gasteiger partial charge >= 0.3 is 0 Å². The van der Waals surface area contributed by atoms with Crippen molar-refractivity contribution in [3.8, 4) is 22.9 Å². The molecule has 1 aliphatic rings. The molecule has 29 heavy (non-hydrogen) atoms. The van der Waals surface area contributed by atoms with Crippen LogP contribution in [-0.4, -0.2) is 46.6 Å². The molecule has 3 heterocycles. The van der Waals surface area contributed by atoms with Crippen LogP contribution in [0.5, 0.6) is 11.6 Å². The zero-order valence-corrected chi connectivity index (χ0v) is 17.7. The molecule has 0 fully saturated rings. The molecule has 0 aliphatic carbocycles. The van der Waals surface area contributed by atoms with Gasteiger partial charge in [0.1, 0.15) is 11.9 Å². The highest BCUT2D eigenvalue weighted by Gasteiger charge is 2.26. The van der Waals surface area contributed by atoms with Gasteiger partial charge in [0.2, 0.25) is 11.8 Å². The summed E-state index contributed by atoms with van der Waals surface area (Å²) in [5, 5.41) is 13.2. The van der Waals surface area contributed by atoms with Gasteiger partial charge in [-0.15, -0.1) is 21.5 Å². The summed E-state index contributed by atoms with van der Waals surface area (Å²) in [6.07, 6.45) is 0.639. The summed E-state index contributed by atoms with van der Waals surface area (Å²) in [7, 11) is 1.56. The molecule has 0 spiro atoms. The third-order valence-corrected chi connectivity index (χ3v) is 6.54. The van der Waals surface area contributed by atoms with Gasteiger partial charge in [-0.2, -0.15) is 0 Å². The van der Waals surface area contributed by atoms with Crippen LogP contribution in [0.4, 0.5) is 0 Å². The molecular formula is C20H20N4O3S2. The Balaban J connectivity index is 1.34. The lowest BCUT2D eigenvalue weighted by Crippen LogP contribution is -2.35. The standard InChI is InChI=1S/C20H20N4O3S2/c1-12-10-28-20(22-12)29-11-17(25)21-9-14-8-13-4-3-5-15(19(13)27-14)16-6-7-18(26-2)24-23-16/h3-7,10,14H,8-9,11H2,1-2H3,(H,21,25). The van der Waals surface area contributed by atoms with E-state index in [1.54, 1.807) is 24.5 Å². The number of thiazole rings is 1. The van der Waals surface area contributed by atoms with Crippen molar-refractivity contribution in [3.05, 3.63) is 47.0 Å². The molecule has 1 aliphatic heterocycles. The first-order valence-electron chi connectivity index (χ1n) is 9.10. The van der Waals surface area contributed by atoms with Crippen LogP contribution in [0.25, 0.3) is 11.3 Å². The number of fused-ring (bicyclic) bond motifs is 1. The zero-order chi connectivity index (χ0) is 20.2. The molecule has 1 amide bonds. The normalized spacial score (nSPS) is 14.9. The lowest BCUT2D eigenvalue weighted by molar-refractivity contribution is -0.118. The molecule has 0 saturated heterocycles. The second-order valence-corrected chi connectivity index (χ2v) is 8.63. The number of ether oxygens (including phenoxy) is 2.